The van der Waals surface area contributed by atoms with Gasteiger partial charge < -0.3 is 10.1 Å². The van der Waals surface area contributed by atoms with Gasteiger partial charge in [0, 0.05) is 9.77 Å². The van der Waals surface area contributed by atoms with Gasteiger partial charge in [0.05, 0.1) is 5.69 Å². The molecule has 0 unspecified atom stereocenters. The van der Waals surface area contributed by atoms with Crippen molar-refractivity contribution in [2.24, 2.45) is 0 Å². The fourth-order valence-electron chi connectivity index (χ4n) is 2.14. The highest BCUT2D eigenvalue weighted by Gasteiger charge is 2.36. The maximum Gasteiger partial charge on any atom is 0.423 e. The molecule has 0 spiro atoms. The third-order valence-electron chi connectivity index (χ3n) is 3.40. The molecular weight excluding hydrogens is 458 g/mol. The van der Waals surface area contributed by atoms with Crippen molar-refractivity contribution in [2.75, 3.05) is 5.32 Å². The van der Waals surface area contributed by atoms with E-state index in [9.17, 15) is 13.2 Å². The van der Waals surface area contributed by atoms with Crippen molar-refractivity contribution in [1.82, 2.24) is 9.97 Å². The van der Waals surface area contributed by atoms with Crippen molar-refractivity contribution in [3.05, 3.63) is 75.5 Å². The van der Waals surface area contributed by atoms with E-state index < -0.39 is 17.6 Å². The quantitative estimate of drug-likeness (QED) is 0.505. The van der Waals surface area contributed by atoms with Gasteiger partial charge in [0.1, 0.15) is 12.2 Å². The van der Waals surface area contributed by atoms with E-state index in [1.807, 2.05) is 18.2 Å². The first-order valence-corrected chi connectivity index (χ1v) is 8.64. The number of hydrogen-bond donors (Lipinski definition) is 1. The minimum atomic E-state index is -4.61. The van der Waals surface area contributed by atoms with Crippen LogP contribution in [0.1, 0.15) is 11.1 Å². The number of benzene rings is 2. The van der Waals surface area contributed by atoms with E-state index in [-0.39, 0.29) is 12.6 Å². The van der Waals surface area contributed by atoms with E-state index in [1.165, 1.54) is 0 Å². The minimum absolute atomic E-state index is 0.0246. The molecule has 3 rings (SSSR count). The van der Waals surface area contributed by atoms with Crippen molar-refractivity contribution in [1.29, 1.82) is 0 Å². The summed E-state index contributed by atoms with van der Waals surface area (Å²) in [5, 5.41) is 2.91. The van der Waals surface area contributed by atoms with Crippen molar-refractivity contribution in [2.45, 2.75) is 12.8 Å². The van der Waals surface area contributed by atoms with Gasteiger partial charge in [-0.15, -0.1) is 0 Å². The molecule has 2 aromatic carbocycles. The standard InChI is InChI=1S/C18H13F3IN3O/c19-18(20,21)13-10-23-17(24-15-9-5-4-8-14(15)22)25-16(13)26-11-12-6-2-1-3-7-12/h1-10H,11H2,(H,23,24,25). The Morgan fingerprint density at radius 1 is 1.00 bits per heavy atom. The number of anilines is 2. The number of ether oxygens (including phenoxy) is 1. The highest BCUT2D eigenvalue weighted by atomic mass is 127. The molecule has 1 heterocycles. The molecule has 4 nitrogen and oxygen atoms in total. The largest absolute Gasteiger partial charge is 0.472 e. The summed E-state index contributed by atoms with van der Waals surface area (Å²) in [4.78, 5) is 7.69. The molecule has 0 atom stereocenters. The lowest BCUT2D eigenvalue weighted by Gasteiger charge is -2.14. The lowest BCUT2D eigenvalue weighted by Crippen LogP contribution is -2.12. The number of para-hydroxylation sites is 1. The molecule has 0 radical (unpaired) electrons. The van der Waals surface area contributed by atoms with Crippen LogP contribution in [0.25, 0.3) is 0 Å². The Balaban J connectivity index is 1.87. The van der Waals surface area contributed by atoms with Gasteiger partial charge in [-0.25, -0.2) is 4.98 Å². The molecule has 1 aromatic heterocycles. The second kappa shape index (κ2) is 7.90. The fourth-order valence-corrected chi connectivity index (χ4v) is 2.66. The van der Waals surface area contributed by atoms with Crippen LogP contribution in [0.2, 0.25) is 0 Å². The normalized spacial score (nSPS) is 11.2. The third-order valence-corrected chi connectivity index (χ3v) is 4.34. The smallest absolute Gasteiger partial charge is 0.423 e. The van der Waals surface area contributed by atoms with Crippen LogP contribution < -0.4 is 10.1 Å². The van der Waals surface area contributed by atoms with Gasteiger partial charge in [-0.05, 0) is 40.3 Å². The van der Waals surface area contributed by atoms with E-state index in [2.05, 4.69) is 37.9 Å². The van der Waals surface area contributed by atoms with Crippen LogP contribution in [0.5, 0.6) is 5.88 Å². The molecule has 134 valence electrons. The van der Waals surface area contributed by atoms with Crippen LogP contribution in [0, 0.1) is 3.57 Å². The molecule has 0 aliphatic rings. The van der Waals surface area contributed by atoms with Gasteiger partial charge in [-0.2, -0.15) is 18.2 Å². The molecule has 0 saturated carbocycles. The second-order valence-electron chi connectivity index (χ2n) is 5.29. The average molecular weight is 471 g/mol. The molecule has 0 aliphatic heterocycles. The minimum Gasteiger partial charge on any atom is -0.472 e. The van der Waals surface area contributed by atoms with E-state index in [0.29, 0.717) is 5.69 Å². The van der Waals surface area contributed by atoms with Crippen LogP contribution >= 0.6 is 22.6 Å². The first kappa shape index (κ1) is 18.4. The summed E-state index contributed by atoms with van der Waals surface area (Å²) in [5.41, 5.74) is 0.426. The van der Waals surface area contributed by atoms with Gasteiger partial charge >= 0.3 is 6.18 Å². The molecule has 0 amide bonds. The Labute approximate surface area is 161 Å². The predicted molar refractivity (Wildman–Crippen MR) is 100 cm³/mol. The maximum absolute atomic E-state index is 13.2. The Morgan fingerprint density at radius 3 is 2.38 bits per heavy atom. The highest BCUT2D eigenvalue weighted by molar-refractivity contribution is 14.1. The van der Waals surface area contributed by atoms with Gasteiger partial charge in [-0.1, -0.05) is 42.5 Å². The molecule has 8 heteroatoms. The van der Waals surface area contributed by atoms with E-state index in [0.717, 1.165) is 15.3 Å². The van der Waals surface area contributed by atoms with E-state index in [1.54, 1.807) is 36.4 Å². The second-order valence-corrected chi connectivity index (χ2v) is 6.45. The number of nitrogens with zero attached hydrogens (tertiary/aromatic N) is 2. The molecule has 0 saturated heterocycles. The summed E-state index contributed by atoms with van der Waals surface area (Å²) in [6.45, 7) is -0.0246. The molecule has 0 fully saturated rings. The molecule has 0 bridgehead atoms. The van der Waals surface area contributed by atoms with Crippen LogP contribution in [0.3, 0.4) is 0 Å². The van der Waals surface area contributed by atoms with Gasteiger partial charge in [0.25, 0.3) is 0 Å². The van der Waals surface area contributed by atoms with Crippen LogP contribution in [0.4, 0.5) is 24.8 Å². The number of rotatable bonds is 5. The SMILES string of the molecule is FC(F)(F)c1cnc(Nc2ccccc2I)nc1OCc1ccccc1. The molecule has 3 aromatic rings. The highest BCUT2D eigenvalue weighted by Crippen LogP contribution is 2.35. The van der Waals surface area contributed by atoms with Crippen molar-refractivity contribution < 1.29 is 17.9 Å². The van der Waals surface area contributed by atoms with Gasteiger partial charge in [-0.3, -0.25) is 0 Å². The first-order chi connectivity index (χ1) is 12.4. The Morgan fingerprint density at radius 2 is 1.69 bits per heavy atom. The van der Waals surface area contributed by atoms with Crippen LogP contribution in [-0.2, 0) is 12.8 Å². The number of alkyl halides is 3. The first-order valence-electron chi connectivity index (χ1n) is 7.56. The molecule has 0 aliphatic carbocycles. The Kier molecular flexibility index (Phi) is 5.60. The summed E-state index contributed by atoms with van der Waals surface area (Å²) >= 11 is 2.11. The third kappa shape index (κ3) is 4.63. The van der Waals surface area contributed by atoms with Crippen molar-refractivity contribution in [3.63, 3.8) is 0 Å². The molecular formula is C18H13F3IN3O. The van der Waals surface area contributed by atoms with Gasteiger partial charge in [0.15, 0.2) is 0 Å². The van der Waals surface area contributed by atoms with Crippen molar-refractivity contribution >= 4 is 34.2 Å². The van der Waals surface area contributed by atoms with Crippen molar-refractivity contribution in [3.8, 4) is 5.88 Å². The monoisotopic (exact) mass is 471 g/mol. The fraction of sp³-hybridized carbons (Fsp3) is 0.111. The van der Waals surface area contributed by atoms with Crippen LogP contribution in [-0.4, -0.2) is 9.97 Å². The zero-order valence-electron chi connectivity index (χ0n) is 13.3. The Bertz CT molecular complexity index is 888. The number of hydrogen-bond acceptors (Lipinski definition) is 4. The predicted octanol–water partition coefficient (Wildman–Crippen LogP) is 5.42. The maximum atomic E-state index is 13.2. The van der Waals surface area contributed by atoms with E-state index >= 15 is 0 Å². The number of nitrogens with one attached hydrogen (secondary N) is 1. The zero-order valence-corrected chi connectivity index (χ0v) is 15.5. The molecule has 1 N–H and O–H groups in total. The number of halogens is 4. The number of aromatic nitrogens is 2. The molecule has 26 heavy (non-hydrogen) atoms. The van der Waals surface area contributed by atoms with Crippen LogP contribution in [0.15, 0.2) is 60.8 Å². The zero-order chi connectivity index (χ0) is 18.6. The summed E-state index contributed by atoms with van der Waals surface area (Å²) in [6.07, 6.45) is -3.88. The summed E-state index contributed by atoms with van der Waals surface area (Å²) in [5.74, 6) is -0.477. The lowest BCUT2D eigenvalue weighted by atomic mass is 10.2. The summed E-state index contributed by atoms with van der Waals surface area (Å²) in [6, 6.07) is 16.2. The average Bonchev–Trinajstić information content (AvgIpc) is 2.62. The van der Waals surface area contributed by atoms with E-state index in [4.69, 9.17) is 4.74 Å². The lowest BCUT2D eigenvalue weighted by molar-refractivity contribution is -0.139. The summed E-state index contributed by atoms with van der Waals surface area (Å²) in [7, 11) is 0. The Hall–Kier alpha value is -2.36. The summed E-state index contributed by atoms with van der Waals surface area (Å²) < 4.78 is 45.9. The van der Waals surface area contributed by atoms with Gasteiger partial charge in [0.2, 0.25) is 11.8 Å². The topological polar surface area (TPSA) is 47.0 Å².